The third-order valence-corrected chi connectivity index (χ3v) is 4.58. The quantitative estimate of drug-likeness (QED) is 0.848. The van der Waals surface area contributed by atoms with E-state index in [-0.39, 0.29) is 5.97 Å². The molecule has 25 heavy (non-hydrogen) atoms. The highest BCUT2D eigenvalue weighted by atomic mass is 16.5. The molecule has 1 fully saturated rings. The van der Waals surface area contributed by atoms with Gasteiger partial charge in [0, 0.05) is 30.8 Å². The topological polar surface area (TPSA) is 76.6 Å². The van der Waals surface area contributed by atoms with Gasteiger partial charge in [0.15, 0.2) is 0 Å². The van der Waals surface area contributed by atoms with Crippen molar-refractivity contribution in [3.63, 3.8) is 0 Å². The Balaban J connectivity index is 1.41. The van der Waals surface area contributed by atoms with E-state index in [0.29, 0.717) is 18.2 Å². The van der Waals surface area contributed by atoms with Crippen LogP contribution in [0.25, 0.3) is 0 Å². The zero-order valence-corrected chi connectivity index (χ0v) is 14.1. The van der Waals surface area contributed by atoms with Crippen molar-refractivity contribution in [1.29, 1.82) is 0 Å². The van der Waals surface area contributed by atoms with E-state index in [1.54, 1.807) is 12.4 Å². The highest BCUT2D eigenvalue weighted by molar-refractivity contribution is 5.90. The van der Waals surface area contributed by atoms with E-state index < -0.39 is 0 Å². The van der Waals surface area contributed by atoms with Crippen LogP contribution in [-0.4, -0.2) is 48.8 Å². The predicted octanol–water partition coefficient (Wildman–Crippen LogP) is 1.64. The van der Waals surface area contributed by atoms with Crippen molar-refractivity contribution < 1.29 is 14.3 Å². The third-order valence-electron chi connectivity index (χ3n) is 4.58. The molecule has 1 aromatic heterocycles. The van der Waals surface area contributed by atoms with Crippen molar-refractivity contribution in [2.45, 2.75) is 19.1 Å². The van der Waals surface area contributed by atoms with Crippen LogP contribution < -0.4 is 10.2 Å². The second-order valence-corrected chi connectivity index (χ2v) is 6.24. The van der Waals surface area contributed by atoms with Gasteiger partial charge >= 0.3 is 5.97 Å². The van der Waals surface area contributed by atoms with Gasteiger partial charge in [-0.25, -0.2) is 14.8 Å². The van der Waals surface area contributed by atoms with Crippen molar-refractivity contribution >= 4 is 17.5 Å². The van der Waals surface area contributed by atoms with E-state index in [9.17, 15) is 4.79 Å². The molecule has 7 heteroatoms. The number of nitrogens with zero attached hydrogens (tertiary/aromatic N) is 3. The Morgan fingerprint density at radius 2 is 2.24 bits per heavy atom. The van der Waals surface area contributed by atoms with E-state index >= 15 is 0 Å². The normalized spacial score (nSPS) is 16.8. The zero-order valence-electron chi connectivity index (χ0n) is 14.1. The lowest BCUT2D eigenvalue weighted by molar-refractivity contribution is 0.0601. The Hall–Kier alpha value is -2.67. The molecule has 0 spiro atoms. The molecule has 0 unspecified atom stereocenters. The molecule has 1 aromatic carbocycles. The smallest absolute Gasteiger partial charge is 0.337 e. The van der Waals surface area contributed by atoms with Gasteiger partial charge in [-0.05, 0) is 18.2 Å². The number of ether oxygens (including phenoxy) is 2. The SMILES string of the molecule is COC(=O)c1cccc(NC2CN(c3ncnc4c3COCC4)C2)c1. The second kappa shape index (κ2) is 6.68. The fourth-order valence-corrected chi connectivity index (χ4v) is 3.25. The molecule has 0 saturated carbocycles. The molecule has 2 aromatic rings. The molecule has 4 rings (SSSR count). The van der Waals surface area contributed by atoms with Crippen LogP contribution in [0.5, 0.6) is 0 Å². The summed E-state index contributed by atoms with van der Waals surface area (Å²) in [5.41, 5.74) is 3.67. The number of hydrogen-bond donors (Lipinski definition) is 1. The van der Waals surface area contributed by atoms with Crippen molar-refractivity contribution in [3.8, 4) is 0 Å². The van der Waals surface area contributed by atoms with E-state index in [1.807, 2.05) is 18.2 Å². The Kier molecular flexibility index (Phi) is 4.23. The lowest BCUT2D eigenvalue weighted by atomic mass is 10.0. The number of aromatic nitrogens is 2. The summed E-state index contributed by atoms with van der Waals surface area (Å²) in [7, 11) is 1.39. The molecule has 2 aliphatic rings. The minimum Gasteiger partial charge on any atom is -0.465 e. The number of carbonyl (C=O) groups is 1. The lowest BCUT2D eigenvalue weighted by Gasteiger charge is -2.42. The summed E-state index contributed by atoms with van der Waals surface area (Å²) in [6.07, 6.45) is 2.49. The van der Waals surface area contributed by atoms with Crippen LogP contribution in [0.3, 0.4) is 0 Å². The first-order valence-corrected chi connectivity index (χ1v) is 8.35. The second-order valence-electron chi connectivity index (χ2n) is 6.24. The standard InChI is InChI=1S/C18H20N4O3/c1-24-18(23)12-3-2-4-13(7-12)21-14-8-22(9-14)17-15-10-25-6-5-16(15)19-11-20-17/h2-4,7,11,14,21H,5-6,8-10H2,1H3. The molecule has 7 nitrogen and oxygen atoms in total. The van der Waals surface area contributed by atoms with Crippen LogP contribution in [0.4, 0.5) is 11.5 Å². The molecule has 3 heterocycles. The van der Waals surface area contributed by atoms with Crippen molar-refractivity contribution in [2.75, 3.05) is 37.0 Å². The first kappa shape index (κ1) is 15.8. The molecule has 0 amide bonds. The Morgan fingerprint density at radius 3 is 3.08 bits per heavy atom. The minimum absolute atomic E-state index is 0.308. The van der Waals surface area contributed by atoms with Gasteiger partial charge in [-0.15, -0.1) is 0 Å². The van der Waals surface area contributed by atoms with E-state index in [4.69, 9.17) is 9.47 Å². The monoisotopic (exact) mass is 340 g/mol. The Labute approximate surface area is 146 Å². The number of hydrogen-bond acceptors (Lipinski definition) is 7. The molecule has 0 bridgehead atoms. The summed E-state index contributed by atoms with van der Waals surface area (Å²) >= 11 is 0. The fourth-order valence-electron chi connectivity index (χ4n) is 3.25. The molecule has 1 saturated heterocycles. The largest absolute Gasteiger partial charge is 0.465 e. The number of carbonyl (C=O) groups excluding carboxylic acids is 1. The number of anilines is 2. The minimum atomic E-state index is -0.327. The van der Waals surface area contributed by atoms with E-state index in [2.05, 4.69) is 20.2 Å². The van der Waals surface area contributed by atoms with Crippen molar-refractivity contribution in [1.82, 2.24) is 9.97 Å². The first-order chi connectivity index (χ1) is 12.2. The summed E-state index contributed by atoms with van der Waals surface area (Å²) in [4.78, 5) is 22.7. The van der Waals surface area contributed by atoms with Crippen LogP contribution in [-0.2, 0) is 22.5 Å². The molecular weight excluding hydrogens is 320 g/mol. The maximum atomic E-state index is 11.6. The van der Waals surface area contributed by atoms with Gasteiger partial charge in [0.2, 0.25) is 0 Å². The summed E-state index contributed by atoms with van der Waals surface area (Å²) in [5, 5.41) is 3.45. The molecule has 0 radical (unpaired) electrons. The highest BCUT2D eigenvalue weighted by Crippen LogP contribution is 2.28. The summed E-state index contributed by atoms with van der Waals surface area (Å²) in [6, 6.07) is 7.67. The molecule has 0 aliphatic carbocycles. The van der Waals surface area contributed by atoms with Crippen molar-refractivity contribution in [2.24, 2.45) is 0 Å². The van der Waals surface area contributed by atoms with Crippen LogP contribution in [0.2, 0.25) is 0 Å². The predicted molar refractivity (Wildman–Crippen MR) is 92.8 cm³/mol. The number of nitrogens with one attached hydrogen (secondary N) is 1. The Morgan fingerprint density at radius 1 is 1.36 bits per heavy atom. The molecule has 0 atom stereocenters. The van der Waals surface area contributed by atoms with E-state index in [1.165, 1.54) is 7.11 Å². The first-order valence-electron chi connectivity index (χ1n) is 8.35. The van der Waals surface area contributed by atoms with Gasteiger partial charge < -0.3 is 19.7 Å². The molecule has 2 aliphatic heterocycles. The summed E-state index contributed by atoms with van der Waals surface area (Å²) in [6.45, 7) is 3.02. The van der Waals surface area contributed by atoms with Crippen LogP contribution in [0.1, 0.15) is 21.6 Å². The van der Waals surface area contributed by atoms with Gasteiger partial charge in [-0.3, -0.25) is 0 Å². The number of benzene rings is 1. The number of methoxy groups -OCH3 is 1. The Bertz CT molecular complexity index is 790. The average Bonchev–Trinajstić information content (AvgIpc) is 2.63. The van der Waals surface area contributed by atoms with Crippen LogP contribution in [0, 0.1) is 0 Å². The number of fused-ring (bicyclic) bond motifs is 1. The molecule has 1 N–H and O–H groups in total. The number of esters is 1. The average molecular weight is 340 g/mol. The zero-order chi connectivity index (χ0) is 17.2. The van der Waals surface area contributed by atoms with Crippen molar-refractivity contribution in [3.05, 3.63) is 47.4 Å². The maximum Gasteiger partial charge on any atom is 0.337 e. The summed E-state index contributed by atoms with van der Waals surface area (Å²) in [5.74, 6) is 0.651. The maximum absolute atomic E-state index is 11.6. The van der Waals surface area contributed by atoms with Gasteiger partial charge in [-0.2, -0.15) is 0 Å². The van der Waals surface area contributed by atoms with Crippen LogP contribution >= 0.6 is 0 Å². The van der Waals surface area contributed by atoms with Crippen LogP contribution in [0.15, 0.2) is 30.6 Å². The molecular formula is C18H20N4O3. The fraction of sp³-hybridized carbons (Fsp3) is 0.389. The van der Waals surface area contributed by atoms with Gasteiger partial charge in [0.25, 0.3) is 0 Å². The third kappa shape index (κ3) is 3.15. The number of rotatable bonds is 4. The van der Waals surface area contributed by atoms with Gasteiger partial charge in [0.05, 0.1) is 37.6 Å². The lowest BCUT2D eigenvalue weighted by Crippen LogP contribution is -2.55. The highest BCUT2D eigenvalue weighted by Gasteiger charge is 2.31. The summed E-state index contributed by atoms with van der Waals surface area (Å²) < 4.78 is 10.3. The van der Waals surface area contributed by atoms with Gasteiger partial charge in [0.1, 0.15) is 12.1 Å². The molecule has 130 valence electrons. The van der Waals surface area contributed by atoms with E-state index in [0.717, 1.165) is 48.9 Å². The van der Waals surface area contributed by atoms with Gasteiger partial charge in [-0.1, -0.05) is 6.07 Å².